The molecule has 1 aromatic carbocycles. The number of ether oxygens (including phenoxy) is 1. The Kier molecular flexibility index (Phi) is 5.18. The second kappa shape index (κ2) is 7.26. The highest BCUT2D eigenvalue weighted by atomic mass is 32.2. The highest BCUT2D eigenvalue weighted by Crippen LogP contribution is 2.28. The predicted molar refractivity (Wildman–Crippen MR) is 94.7 cm³/mol. The standard InChI is InChI=1S/C17H16F3N3O3S/c1-9(2)27-16-22-14-12(7-13(24)21-14)15(25)23(16)10-3-5-11(6-4-10)26-8-17(18,19)20/h3-6,9H,7-8H2,1-2H3,(H,21,24). The Morgan fingerprint density at radius 3 is 2.52 bits per heavy atom. The van der Waals surface area contributed by atoms with Crippen molar-refractivity contribution in [2.75, 3.05) is 11.9 Å². The number of nitrogens with zero attached hydrogens (tertiary/aromatic N) is 2. The first-order chi connectivity index (χ1) is 12.6. The van der Waals surface area contributed by atoms with Crippen LogP contribution in [0.5, 0.6) is 5.75 Å². The van der Waals surface area contributed by atoms with E-state index in [-0.39, 0.29) is 40.3 Å². The Hall–Kier alpha value is -2.49. The van der Waals surface area contributed by atoms with E-state index in [0.29, 0.717) is 10.8 Å². The van der Waals surface area contributed by atoms with Crippen LogP contribution in [0.3, 0.4) is 0 Å². The molecule has 0 saturated carbocycles. The lowest BCUT2D eigenvalue weighted by molar-refractivity contribution is -0.153. The number of hydrogen-bond acceptors (Lipinski definition) is 5. The van der Waals surface area contributed by atoms with Gasteiger partial charge in [0, 0.05) is 5.25 Å². The molecule has 144 valence electrons. The third kappa shape index (κ3) is 4.44. The van der Waals surface area contributed by atoms with E-state index in [0.717, 1.165) is 0 Å². The van der Waals surface area contributed by atoms with Gasteiger partial charge >= 0.3 is 6.18 Å². The van der Waals surface area contributed by atoms with Crippen molar-refractivity contribution in [3.8, 4) is 11.4 Å². The summed E-state index contributed by atoms with van der Waals surface area (Å²) < 4.78 is 42.8. The lowest BCUT2D eigenvalue weighted by Crippen LogP contribution is -2.25. The molecule has 27 heavy (non-hydrogen) atoms. The van der Waals surface area contributed by atoms with E-state index in [1.165, 1.54) is 40.6 Å². The number of benzene rings is 1. The van der Waals surface area contributed by atoms with Gasteiger partial charge in [-0.1, -0.05) is 25.6 Å². The maximum Gasteiger partial charge on any atom is 0.422 e. The number of alkyl halides is 3. The number of nitrogens with one attached hydrogen (secondary N) is 1. The average Bonchev–Trinajstić information content (AvgIpc) is 2.93. The van der Waals surface area contributed by atoms with Crippen molar-refractivity contribution < 1.29 is 22.7 Å². The predicted octanol–water partition coefficient (Wildman–Crippen LogP) is 3.17. The van der Waals surface area contributed by atoms with Gasteiger partial charge in [0.25, 0.3) is 5.56 Å². The molecule has 1 aromatic heterocycles. The number of carbonyl (C=O) groups excluding carboxylic acids is 1. The molecule has 1 aliphatic heterocycles. The molecule has 2 aromatic rings. The Morgan fingerprint density at radius 1 is 1.26 bits per heavy atom. The van der Waals surface area contributed by atoms with Crippen molar-refractivity contribution >= 4 is 23.5 Å². The SMILES string of the molecule is CC(C)Sc1nc2c(c(=O)n1-c1ccc(OCC(F)(F)F)cc1)CC(=O)N2. The Morgan fingerprint density at radius 2 is 1.93 bits per heavy atom. The Labute approximate surface area is 156 Å². The third-order valence-electron chi connectivity index (χ3n) is 3.58. The number of aromatic nitrogens is 2. The molecule has 0 unspecified atom stereocenters. The number of fused-ring (bicyclic) bond motifs is 1. The first-order valence-electron chi connectivity index (χ1n) is 8.06. The first kappa shape index (κ1) is 19.3. The number of anilines is 1. The molecule has 0 saturated heterocycles. The minimum Gasteiger partial charge on any atom is -0.484 e. The molecule has 1 amide bonds. The third-order valence-corrected chi connectivity index (χ3v) is 4.54. The van der Waals surface area contributed by atoms with Gasteiger partial charge in [-0.3, -0.25) is 14.2 Å². The highest BCUT2D eigenvalue weighted by Gasteiger charge is 2.29. The molecular formula is C17H16F3N3O3S. The largest absolute Gasteiger partial charge is 0.484 e. The van der Waals surface area contributed by atoms with Crippen molar-refractivity contribution in [3.05, 3.63) is 40.2 Å². The molecule has 10 heteroatoms. The summed E-state index contributed by atoms with van der Waals surface area (Å²) in [6, 6.07) is 5.67. The molecule has 0 radical (unpaired) electrons. The summed E-state index contributed by atoms with van der Waals surface area (Å²) >= 11 is 1.34. The molecule has 0 spiro atoms. The molecular weight excluding hydrogens is 383 g/mol. The normalized spacial score (nSPS) is 13.6. The number of hydrogen-bond donors (Lipinski definition) is 1. The van der Waals surface area contributed by atoms with Crippen molar-refractivity contribution in [2.45, 2.75) is 36.9 Å². The lowest BCUT2D eigenvalue weighted by atomic mass is 10.2. The Bertz CT molecular complexity index is 924. The van der Waals surface area contributed by atoms with Gasteiger partial charge in [0.15, 0.2) is 11.8 Å². The van der Waals surface area contributed by atoms with Gasteiger partial charge in [0.1, 0.15) is 11.6 Å². The Balaban J connectivity index is 1.99. The summed E-state index contributed by atoms with van der Waals surface area (Å²) in [5, 5.41) is 3.07. The van der Waals surface area contributed by atoms with Crippen LogP contribution in [-0.4, -0.2) is 33.5 Å². The zero-order valence-electron chi connectivity index (χ0n) is 14.5. The second-order valence-electron chi connectivity index (χ2n) is 6.15. The van der Waals surface area contributed by atoms with E-state index < -0.39 is 12.8 Å². The van der Waals surface area contributed by atoms with E-state index in [4.69, 9.17) is 0 Å². The highest BCUT2D eigenvalue weighted by molar-refractivity contribution is 7.99. The first-order valence-corrected chi connectivity index (χ1v) is 8.94. The van der Waals surface area contributed by atoms with E-state index in [2.05, 4.69) is 15.0 Å². The zero-order valence-corrected chi connectivity index (χ0v) is 15.3. The minimum atomic E-state index is -4.43. The number of carbonyl (C=O) groups is 1. The smallest absolute Gasteiger partial charge is 0.422 e. The minimum absolute atomic E-state index is 0.0353. The summed E-state index contributed by atoms with van der Waals surface area (Å²) in [7, 11) is 0. The number of thioether (sulfide) groups is 1. The van der Waals surface area contributed by atoms with Crippen LogP contribution in [0.4, 0.5) is 19.0 Å². The van der Waals surface area contributed by atoms with Gasteiger partial charge in [-0.05, 0) is 24.3 Å². The average molecular weight is 399 g/mol. The van der Waals surface area contributed by atoms with Crippen molar-refractivity contribution in [3.63, 3.8) is 0 Å². The monoisotopic (exact) mass is 399 g/mol. The summed E-state index contributed by atoms with van der Waals surface area (Å²) in [5.41, 5.74) is 0.313. The number of rotatable bonds is 5. The fourth-order valence-electron chi connectivity index (χ4n) is 2.51. The lowest BCUT2D eigenvalue weighted by Gasteiger charge is -2.15. The molecule has 0 fully saturated rings. The van der Waals surface area contributed by atoms with Gasteiger partial charge < -0.3 is 10.1 Å². The molecule has 2 heterocycles. The summed E-state index contributed by atoms with van der Waals surface area (Å²) in [5.74, 6) is -0.00794. The summed E-state index contributed by atoms with van der Waals surface area (Å²) in [6.07, 6.45) is -4.49. The van der Waals surface area contributed by atoms with Crippen LogP contribution >= 0.6 is 11.8 Å². The molecule has 1 N–H and O–H groups in total. The summed E-state index contributed by atoms with van der Waals surface area (Å²) in [6.45, 7) is 2.47. The maximum absolute atomic E-state index is 12.9. The van der Waals surface area contributed by atoms with E-state index in [1.807, 2.05) is 13.8 Å². The molecule has 6 nitrogen and oxygen atoms in total. The van der Waals surface area contributed by atoms with E-state index >= 15 is 0 Å². The van der Waals surface area contributed by atoms with Crippen LogP contribution in [-0.2, 0) is 11.2 Å². The van der Waals surface area contributed by atoms with Crippen LogP contribution in [0.1, 0.15) is 19.4 Å². The topological polar surface area (TPSA) is 73.2 Å². The van der Waals surface area contributed by atoms with Gasteiger partial charge in [-0.15, -0.1) is 0 Å². The molecule has 0 atom stereocenters. The van der Waals surface area contributed by atoms with Crippen LogP contribution in [0.15, 0.2) is 34.2 Å². The maximum atomic E-state index is 12.9. The molecule has 1 aliphatic rings. The zero-order chi connectivity index (χ0) is 19.8. The van der Waals surface area contributed by atoms with Gasteiger partial charge in [-0.25, -0.2) is 4.98 Å². The fraction of sp³-hybridized carbons (Fsp3) is 0.353. The van der Waals surface area contributed by atoms with Crippen LogP contribution in [0.25, 0.3) is 5.69 Å². The van der Waals surface area contributed by atoms with Gasteiger partial charge in [0.05, 0.1) is 17.7 Å². The summed E-state index contributed by atoms with van der Waals surface area (Å²) in [4.78, 5) is 28.9. The molecule has 0 bridgehead atoms. The van der Waals surface area contributed by atoms with Crippen molar-refractivity contribution in [1.82, 2.24) is 9.55 Å². The van der Waals surface area contributed by atoms with Crippen LogP contribution < -0.4 is 15.6 Å². The quantitative estimate of drug-likeness (QED) is 0.618. The fourth-order valence-corrected chi connectivity index (χ4v) is 3.37. The van der Waals surface area contributed by atoms with Gasteiger partial charge in [-0.2, -0.15) is 13.2 Å². The van der Waals surface area contributed by atoms with Crippen molar-refractivity contribution in [2.24, 2.45) is 0 Å². The molecule has 0 aliphatic carbocycles. The van der Waals surface area contributed by atoms with Gasteiger partial charge in [0.2, 0.25) is 5.91 Å². The number of halogens is 3. The van der Waals surface area contributed by atoms with Crippen molar-refractivity contribution in [1.29, 1.82) is 0 Å². The van der Waals surface area contributed by atoms with E-state index in [1.54, 1.807) is 0 Å². The molecule has 3 rings (SSSR count). The number of amides is 1. The van der Waals surface area contributed by atoms with Crippen LogP contribution in [0.2, 0.25) is 0 Å². The second-order valence-corrected chi connectivity index (χ2v) is 7.70. The van der Waals surface area contributed by atoms with Crippen LogP contribution in [0, 0.1) is 0 Å². The van der Waals surface area contributed by atoms with E-state index in [9.17, 15) is 22.8 Å².